The van der Waals surface area contributed by atoms with E-state index in [1.807, 2.05) is 27.7 Å². The smallest absolute Gasteiger partial charge is 0.278 e. The third-order valence-electron chi connectivity index (χ3n) is 5.01. The van der Waals surface area contributed by atoms with Crippen molar-refractivity contribution in [1.29, 1.82) is 0 Å². The van der Waals surface area contributed by atoms with Gasteiger partial charge in [0.15, 0.2) is 11.5 Å². The summed E-state index contributed by atoms with van der Waals surface area (Å²) in [6.07, 6.45) is 0.0284. The summed E-state index contributed by atoms with van der Waals surface area (Å²) < 4.78 is 22.1. The Bertz CT molecular complexity index is 1050. The number of rotatable bonds is 12. The molecule has 0 aliphatic carbocycles. The first-order valence-corrected chi connectivity index (χ1v) is 11.4. The third kappa shape index (κ3) is 5.69. The van der Waals surface area contributed by atoms with Crippen LogP contribution in [0.15, 0.2) is 48.2 Å². The summed E-state index contributed by atoms with van der Waals surface area (Å²) in [5.41, 5.74) is 1.72. The molecule has 0 spiro atoms. The Balaban J connectivity index is 2.00. The van der Waals surface area contributed by atoms with Crippen molar-refractivity contribution < 1.29 is 28.5 Å². The number of carbonyl (C=O) groups excluding carboxylic acids is 2. The number of carbonyl (C=O) groups is 2. The fraction of sp³-hybridized carbons (Fsp3) is 0.385. The molecule has 8 heteroatoms. The minimum atomic E-state index is -0.411. The van der Waals surface area contributed by atoms with Gasteiger partial charge in [0.1, 0.15) is 11.4 Å². The number of nitrogens with zero attached hydrogens (tertiary/aromatic N) is 1. The van der Waals surface area contributed by atoms with E-state index in [4.69, 9.17) is 18.9 Å². The highest BCUT2D eigenvalue weighted by Crippen LogP contribution is 2.35. The Morgan fingerprint density at radius 2 is 1.59 bits per heavy atom. The molecule has 0 atom stereocenters. The molecule has 1 N–H and O–H groups in total. The number of imide groups is 1. The number of methoxy groups -OCH3 is 1. The molecule has 34 heavy (non-hydrogen) atoms. The maximum Gasteiger partial charge on any atom is 0.278 e. The molecule has 0 bridgehead atoms. The molecule has 1 heterocycles. The van der Waals surface area contributed by atoms with E-state index in [2.05, 4.69) is 5.32 Å². The molecule has 0 radical (unpaired) electrons. The van der Waals surface area contributed by atoms with Gasteiger partial charge in [-0.15, -0.1) is 0 Å². The quantitative estimate of drug-likeness (QED) is 0.469. The van der Waals surface area contributed by atoms with Crippen molar-refractivity contribution in [3.8, 4) is 17.2 Å². The minimum Gasteiger partial charge on any atom is -0.491 e. The summed E-state index contributed by atoms with van der Waals surface area (Å²) in [4.78, 5) is 27.7. The highest BCUT2D eigenvalue weighted by molar-refractivity contribution is 6.36. The molecule has 1 aliphatic rings. The van der Waals surface area contributed by atoms with Gasteiger partial charge in [0.05, 0.1) is 38.0 Å². The largest absolute Gasteiger partial charge is 0.491 e. The van der Waals surface area contributed by atoms with Crippen LogP contribution in [0.5, 0.6) is 17.2 Å². The first-order chi connectivity index (χ1) is 16.4. The number of anilines is 1. The van der Waals surface area contributed by atoms with Crippen LogP contribution in [0, 0.1) is 0 Å². The predicted octanol–water partition coefficient (Wildman–Crippen LogP) is 4.11. The van der Waals surface area contributed by atoms with Crippen LogP contribution < -0.4 is 19.5 Å². The van der Waals surface area contributed by atoms with Gasteiger partial charge in [-0.1, -0.05) is 12.1 Å². The average molecular weight is 469 g/mol. The summed E-state index contributed by atoms with van der Waals surface area (Å²) in [6.45, 7) is 9.04. The summed E-state index contributed by atoms with van der Waals surface area (Å²) in [5.74, 6) is 1.07. The van der Waals surface area contributed by atoms with Gasteiger partial charge in [-0.05, 0) is 57.5 Å². The summed E-state index contributed by atoms with van der Waals surface area (Å²) in [5, 5.41) is 3.15. The number of hydrogen-bond acceptors (Lipinski definition) is 7. The Kier molecular flexibility index (Phi) is 8.54. The molecule has 2 amide bonds. The lowest BCUT2D eigenvalue weighted by Crippen LogP contribution is -2.35. The number of amides is 2. The summed E-state index contributed by atoms with van der Waals surface area (Å²) >= 11 is 0. The molecule has 0 saturated carbocycles. The second-order valence-electron chi connectivity index (χ2n) is 7.85. The van der Waals surface area contributed by atoms with Crippen molar-refractivity contribution in [1.82, 2.24) is 4.90 Å². The van der Waals surface area contributed by atoms with Crippen LogP contribution in [0.1, 0.15) is 33.3 Å². The molecular formula is C26H32N2O6. The lowest BCUT2D eigenvalue weighted by atomic mass is 10.0. The second-order valence-corrected chi connectivity index (χ2v) is 7.85. The van der Waals surface area contributed by atoms with E-state index >= 15 is 0 Å². The van der Waals surface area contributed by atoms with Crippen molar-refractivity contribution in [2.45, 2.75) is 33.8 Å². The Morgan fingerprint density at radius 3 is 2.21 bits per heavy atom. The first-order valence-electron chi connectivity index (χ1n) is 11.4. The van der Waals surface area contributed by atoms with Crippen molar-refractivity contribution >= 4 is 23.1 Å². The van der Waals surface area contributed by atoms with Crippen LogP contribution in [-0.4, -0.2) is 56.3 Å². The van der Waals surface area contributed by atoms with E-state index in [1.54, 1.807) is 42.5 Å². The van der Waals surface area contributed by atoms with Gasteiger partial charge in [0.25, 0.3) is 11.8 Å². The van der Waals surface area contributed by atoms with Crippen LogP contribution in [-0.2, 0) is 14.3 Å². The topological polar surface area (TPSA) is 86.3 Å². The van der Waals surface area contributed by atoms with Crippen molar-refractivity contribution in [2.24, 2.45) is 0 Å². The molecule has 2 aromatic carbocycles. The van der Waals surface area contributed by atoms with E-state index in [1.165, 1.54) is 12.0 Å². The maximum atomic E-state index is 13.3. The highest BCUT2D eigenvalue weighted by Gasteiger charge is 2.39. The number of ether oxygens (including phenoxy) is 4. The molecule has 0 aromatic heterocycles. The molecule has 182 valence electrons. The monoisotopic (exact) mass is 468 g/mol. The first kappa shape index (κ1) is 25.1. The van der Waals surface area contributed by atoms with E-state index < -0.39 is 5.91 Å². The molecule has 0 fully saturated rings. The van der Waals surface area contributed by atoms with E-state index in [-0.39, 0.29) is 30.9 Å². The average Bonchev–Trinajstić information content (AvgIpc) is 3.03. The standard InChI is InChI=1S/C26H32N2O6/c1-6-32-21-13-10-19(16-22(21)33-7-2)27-24-23(25(29)28(26(24)30)14-15-31-5)18-8-11-20(12-9-18)34-17(3)4/h8-13,16-17,27H,6-7,14-15H2,1-5H3. The van der Waals surface area contributed by atoms with Crippen LogP contribution in [0.4, 0.5) is 5.69 Å². The molecule has 2 aromatic rings. The lowest BCUT2D eigenvalue weighted by Gasteiger charge is -2.15. The second kappa shape index (κ2) is 11.6. The molecule has 0 unspecified atom stereocenters. The zero-order chi connectivity index (χ0) is 24.7. The fourth-order valence-electron chi connectivity index (χ4n) is 3.59. The number of hydrogen-bond donors (Lipinski definition) is 1. The van der Waals surface area contributed by atoms with E-state index in [0.29, 0.717) is 47.3 Å². The van der Waals surface area contributed by atoms with E-state index in [0.717, 1.165) is 0 Å². The predicted molar refractivity (Wildman–Crippen MR) is 130 cm³/mol. The van der Waals surface area contributed by atoms with Gasteiger partial charge in [-0.2, -0.15) is 0 Å². The molecule has 3 rings (SSSR count). The SMILES string of the molecule is CCOc1ccc(NC2=C(c3ccc(OC(C)C)cc3)C(=O)N(CCOC)C2=O)cc1OCC. The van der Waals surface area contributed by atoms with Crippen molar-refractivity contribution in [3.05, 3.63) is 53.7 Å². The van der Waals surface area contributed by atoms with Crippen molar-refractivity contribution in [3.63, 3.8) is 0 Å². The van der Waals surface area contributed by atoms with Crippen LogP contribution in [0.25, 0.3) is 5.57 Å². The van der Waals surface area contributed by atoms with Gasteiger partial charge in [-0.3, -0.25) is 14.5 Å². The summed E-state index contributed by atoms with van der Waals surface area (Å²) in [6, 6.07) is 12.5. The lowest BCUT2D eigenvalue weighted by molar-refractivity contribution is -0.137. The van der Waals surface area contributed by atoms with Gasteiger partial charge in [0, 0.05) is 18.9 Å². The molecule has 8 nitrogen and oxygen atoms in total. The number of benzene rings is 2. The zero-order valence-corrected chi connectivity index (χ0v) is 20.3. The van der Waals surface area contributed by atoms with E-state index in [9.17, 15) is 9.59 Å². The van der Waals surface area contributed by atoms with Crippen LogP contribution in [0.2, 0.25) is 0 Å². The summed E-state index contributed by atoms with van der Waals surface area (Å²) in [7, 11) is 1.53. The van der Waals surface area contributed by atoms with Gasteiger partial charge >= 0.3 is 0 Å². The third-order valence-corrected chi connectivity index (χ3v) is 5.01. The maximum absolute atomic E-state index is 13.3. The Labute approximate surface area is 200 Å². The van der Waals surface area contributed by atoms with Gasteiger partial charge in [-0.25, -0.2) is 0 Å². The zero-order valence-electron chi connectivity index (χ0n) is 20.3. The van der Waals surface area contributed by atoms with Crippen LogP contribution in [0.3, 0.4) is 0 Å². The van der Waals surface area contributed by atoms with Crippen LogP contribution >= 0.6 is 0 Å². The minimum absolute atomic E-state index is 0.0284. The molecule has 1 aliphatic heterocycles. The van der Waals surface area contributed by atoms with Gasteiger partial charge < -0.3 is 24.3 Å². The highest BCUT2D eigenvalue weighted by atomic mass is 16.5. The molecule has 0 saturated heterocycles. The van der Waals surface area contributed by atoms with Gasteiger partial charge in [0.2, 0.25) is 0 Å². The normalized spacial score (nSPS) is 13.6. The Morgan fingerprint density at radius 1 is 0.912 bits per heavy atom. The Hall–Kier alpha value is -3.52. The fourth-order valence-corrected chi connectivity index (χ4v) is 3.59. The van der Waals surface area contributed by atoms with Crippen molar-refractivity contribution in [2.75, 3.05) is 38.8 Å². The number of nitrogens with one attached hydrogen (secondary N) is 1. The molecular weight excluding hydrogens is 436 g/mol.